The van der Waals surface area contributed by atoms with Crippen molar-refractivity contribution in [3.63, 3.8) is 0 Å². The van der Waals surface area contributed by atoms with Gasteiger partial charge in [0.2, 0.25) is 0 Å². The van der Waals surface area contributed by atoms with Crippen LogP contribution in [-0.2, 0) is 27.4 Å². The molecule has 0 radical (unpaired) electrons. The quantitative estimate of drug-likeness (QED) is 0.566. The topological polar surface area (TPSA) is 42.0 Å². The van der Waals surface area contributed by atoms with Gasteiger partial charge in [-0.3, -0.25) is 14.6 Å². The SMILES string of the molecule is CCOC(=O)C1(C[C@H]2CCCCO2)CCN(Cc2ccc(CN3CCCC3)s2)CC1. The van der Waals surface area contributed by atoms with Gasteiger partial charge >= 0.3 is 5.97 Å². The highest BCUT2D eigenvalue weighted by molar-refractivity contribution is 7.11. The third kappa shape index (κ3) is 5.64. The molecule has 168 valence electrons. The third-order valence-corrected chi connectivity index (χ3v) is 8.14. The largest absolute Gasteiger partial charge is 0.466 e. The standard InChI is InChI=1S/C24H38N2O3S/c1-2-28-23(27)24(17-20-7-3-6-16-29-20)10-14-26(15-11-24)19-22-9-8-21(30-22)18-25-12-4-5-13-25/h8-9,20H,2-7,10-19H2,1H3/t20-/m1/s1. The van der Waals surface area contributed by atoms with Crippen LogP contribution in [0.5, 0.6) is 0 Å². The van der Waals surface area contributed by atoms with Gasteiger partial charge in [-0.2, -0.15) is 0 Å². The van der Waals surface area contributed by atoms with E-state index in [0.717, 1.165) is 64.9 Å². The fourth-order valence-electron chi connectivity index (χ4n) is 5.29. The van der Waals surface area contributed by atoms with E-state index in [1.807, 2.05) is 18.3 Å². The summed E-state index contributed by atoms with van der Waals surface area (Å²) in [5, 5.41) is 0. The van der Waals surface area contributed by atoms with Gasteiger partial charge in [0.1, 0.15) is 0 Å². The number of ether oxygens (including phenoxy) is 2. The van der Waals surface area contributed by atoms with Crippen molar-refractivity contribution in [1.29, 1.82) is 0 Å². The normalized spacial score (nSPS) is 25.4. The number of carbonyl (C=O) groups is 1. The maximum absolute atomic E-state index is 12.9. The molecule has 0 saturated carbocycles. The summed E-state index contributed by atoms with van der Waals surface area (Å²) in [6, 6.07) is 4.62. The molecule has 3 aliphatic rings. The molecule has 1 aromatic heterocycles. The summed E-state index contributed by atoms with van der Waals surface area (Å²) in [5.74, 6) is 0.00264. The number of piperidine rings is 1. The Kier molecular flexibility index (Phi) is 7.85. The first kappa shape index (κ1) is 22.3. The Hall–Kier alpha value is -0.950. The summed E-state index contributed by atoms with van der Waals surface area (Å²) < 4.78 is 11.5. The average Bonchev–Trinajstić information content (AvgIpc) is 3.43. The Morgan fingerprint density at radius 1 is 1.07 bits per heavy atom. The van der Waals surface area contributed by atoms with Crippen molar-refractivity contribution in [2.75, 3.05) is 39.4 Å². The van der Waals surface area contributed by atoms with Crippen LogP contribution in [0, 0.1) is 5.41 Å². The molecule has 4 heterocycles. The van der Waals surface area contributed by atoms with E-state index < -0.39 is 0 Å². The van der Waals surface area contributed by atoms with E-state index in [9.17, 15) is 4.79 Å². The summed E-state index contributed by atoms with van der Waals surface area (Å²) in [6.07, 6.45) is 8.97. The molecular formula is C24H38N2O3S. The van der Waals surface area contributed by atoms with Crippen LogP contribution in [0.15, 0.2) is 12.1 Å². The molecule has 6 heteroatoms. The van der Waals surface area contributed by atoms with Crippen LogP contribution in [0.1, 0.15) is 68.0 Å². The van der Waals surface area contributed by atoms with Crippen LogP contribution >= 0.6 is 11.3 Å². The Morgan fingerprint density at radius 3 is 2.33 bits per heavy atom. The Labute approximate surface area is 185 Å². The number of thiophene rings is 1. The van der Waals surface area contributed by atoms with Gasteiger partial charge in [-0.15, -0.1) is 11.3 Å². The maximum atomic E-state index is 12.9. The first-order valence-corrected chi connectivity index (χ1v) is 12.8. The molecule has 3 aliphatic heterocycles. The van der Waals surface area contributed by atoms with Crippen LogP contribution in [0.3, 0.4) is 0 Å². The van der Waals surface area contributed by atoms with Gasteiger partial charge in [-0.25, -0.2) is 0 Å². The molecular weight excluding hydrogens is 396 g/mol. The summed E-state index contributed by atoms with van der Waals surface area (Å²) in [4.78, 5) is 20.9. The molecule has 0 amide bonds. The highest BCUT2D eigenvalue weighted by Crippen LogP contribution is 2.40. The van der Waals surface area contributed by atoms with Crippen LogP contribution in [0.25, 0.3) is 0 Å². The highest BCUT2D eigenvalue weighted by atomic mass is 32.1. The molecule has 1 aromatic rings. The number of hydrogen-bond acceptors (Lipinski definition) is 6. The maximum Gasteiger partial charge on any atom is 0.312 e. The number of carbonyl (C=O) groups excluding carboxylic acids is 1. The molecule has 3 fully saturated rings. The molecule has 30 heavy (non-hydrogen) atoms. The second-order valence-electron chi connectivity index (χ2n) is 9.32. The Morgan fingerprint density at radius 2 is 1.73 bits per heavy atom. The van der Waals surface area contributed by atoms with Gasteiger partial charge in [0.05, 0.1) is 18.1 Å². The molecule has 4 rings (SSSR count). The van der Waals surface area contributed by atoms with Crippen LogP contribution in [0.2, 0.25) is 0 Å². The number of rotatable bonds is 8. The summed E-state index contributed by atoms with van der Waals surface area (Å²) in [7, 11) is 0. The van der Waals surface area contributed by atoms with Gasteiger partial charge in [0.15, 0.2) is 0 Å². The minimum atomic E-state index is -0.356. The molecule has 0 bridgehead atoms. The van der Waals surface area contributed by atoms with Crippen molar-refractivity contribution >= 4 is 17.3 Å². The lowest BCUT2D eigenvalue weighted by atomic mass is 9.73. The number of likely N-dealkylation sites (tertiary alicyclic amines) is 2. The van der Waals surface area contributed by atoms with Gasteiger partial charge in [-0.1, -0.05) is 0 Å². The van der Waals surface area contributed by atoms with E-state index in [0.29, 0.717) is 6.61 Å². The first-order chi connectivity index (χ1) is 14.7. The predicted molar refractivity (Wildman–Crippen MR) is 121 cm³/mol. The summed E-state index contributed by atoms with van der Waals surface area (Å²) in [5.41, 5.74) is -0.356. The molecule has 0 spiro atoms. The fourth-order valence-corrected chi connectivity index (χ4v) is 6.40. The fraction of sp³-hybridized carbons (Fsp3) is 0.792. The Bertz CT molecular complexity index is 672. The second-order valence-corrected chi connectivity index (χ2v) is 10.6. The van der Waals surface area contributed by atoms with Crippen molar-refractivity contribution in [3.8, 4) is 0 Å². The van der Waals surface area contributed by atoms with E-state index >= 15 is 0 Å². The van der Waals surface area contributed by atoms with Crippen LogP contribution < -0.4 is 0 Å². The molecule has 0 unspecified atom stereocenters. The zero-order valence-electron chi connectivity index (χ0n) is 18.6. The molecule has 3 saturated heterocycles. The summed E-state index contributed by atoms with van der Waals surface area (Å²) in [6.45, 7) is 9.75. The van der Waals surface area contributed by atoms with Gasteiger partial charge in [0, 0.05) is 29.5 Å². The minimum absolute atomic E-state index is 0.00264. The lowest BCUT2D eigenvalue weighted by Gasteiger charge is -2.42. The number of nitrogens with zero attached hydrogens (tertiary/aromatic N) is 2. The van der Waals surface area contributed by atoms with Crippen molar-refractivity contribution in [1.82, 2.24) is 9.80 Å². The van der Waals surface area contributed by atoms with E-state index in [4.69, 9.17) is 9.47 Å². The van der Waals surface area contributed by atoms with Gasteiger partial charge < -0.3 is 9.47 Å². The highest BCUT2D eigenvalue weighted by Gasteiger charge is 2.44. The van der Waals surface area contributed by atoms with E-state index in [1.54, 1.807) is 0 Å². The lowest BCUT2D eigenvalue weighted by Crippen LogP contribution is -2.47. The lowest BCUT2D eigenvalue weighted by molar-refractivity contribution is -0.162. The van der Waals surface area contributed by atoms with Gasteiger partial charge in [-0.05, 0) is 96.6 Å². The molecule has 0 N–H and O–H groups in total. The number of hydrogen-bond donors (Lipinski definition) is 0. The number of esters is 1. The van der Waals surface area contributed by atoms with E-state index in [2.05, 4.69) is 21.9 Å². The van der Waals surface area contributed by atoms with E-state index in [1.165, 1.54) is 42.1 Å². The minimum Gasteiger partial charge on any atom is -0.466 e. The predicted octanol–water partition coefficient (Wildman–Crippen LogP) is 4.45. The Balaban J connectivity index is 1.31. The second kappa shape index (κ2) is 10.6. The van der Waals surface area contributed by atoms with Crippen LogP contribution in [-0.4, -0.2) is 61.3 Å². The zero-order valence-corrected chi connectivity index (χ0v) is 19.4. The van der Waals surface area contributed by atoms with E-state index in [-0.39, 0.29) is 17.5 Å². The van der Waals surface area contributed by atoms with Crippen LogP contribution in [0.4, 0.5) is 0 Å². The summed E-state index contributed by atoms with van der Waals surface area (Å²) >= 11 is 1.96. The molecule has 5 nitrogen and oxygen atoms in total. The third-order valence-electron chi connectivity index (χ3n) is 7.09. The van der Waals surface area contributed by atoms with Crippen molar-refractivity contribution in [3.05, 3.63) is 21.9 Å². The van der Waals surface area contributed by atoms with Gasteiger partial charge in [0.25, 0.3) is 0 Å². The molecule has 1 atom stereocenters. The van der Waals surface area contributed by atoms with Crippen molar-refractivity contribution in [2.45, 2.75) is 77.5 Å². The monoisotopic (exact) mass is 434 g/mol. The first-order valence-electron chi connectivity index (χ1n) is 12.0. The smallest absolute Gasteiger partial charge is 0.312 e. The zero-order chi connectivity index (χ0) is 20.8. The molecule has 0 aromatic carbocycles. The average molecular weight is 435 g/mol. The van der Waals surface area contributed by atoms with Crippen molar-refractivity contribution < 1.29 is 14.3 Å². The molecule has 0 aliphatic carbocycles. The van der Waals surface area contributed by atoms with Crippen molar-refractivity contribution in [2.24, 2.45) is 5.41 Å².